The first-order valence-corrected chi connectivity index (χ1v) is 6.20. The third-order valence-corrected chi connectivity index (χ3v) is 2.99. The van der Waals surface area contributed by atoms with Crippen LogP contribution in [0.5, 0.6) is 5.75 Å². The van der Waals surface area contributed by atoms with Crippen molar-refractivity contribution in [3.63, 3.8) is 0 Å². The van der Waals surface area contributed by atoms with Gasteiger partial charge in [0.25, 0.3) is 0 Å². The number of aromatic nitrogens is 1. The van der Waals surface area contributed by atoms with Crippen molar-refractivity contribution in [2.75, 3.05) is 0 Å². The third-order valence-electron chi connectivity index (χ3n) is 2.99. The van der Waals surface area contributed by atoms with E-state index in [-0.39, 0.29) is 11.8 Å². The van der Waals surface area contributed by atoms with Crippen molar-refractivity contribution in [1.29, 1.82) is 0 Å². The quantitative estimate of drug-likeness (QED) is 0.888. The molecule has 1 heterocycles. The molecule has 4 heteroatoms. The van der Waals surface area contributed by atoms with Crippen LogP contribution in [0.25, 0.3) is 0 Å². The van der Waals surface area contributed by atoms with Gasteiger partial charge in [0.05, 0.1) is 5.69 Å². The number of pyridine rings is 1. The Bertz CT molecular complexity index is 572. The first kappa shape index (κ1) is 13.5. The fraction of sp³-hybridized carbons (Fsp3) is 0.267. The van der Waals surface area contributed by atoms with Crippen molar-refractivity contribution >= 4 is 0 Å². The highest BCUT2D eigenvalue weighted by molar-refractivity contribution is 5.29. The van der Waals surface area contributed by atoms with E-state index >= 15 is 0 Å². The molecule has 0 saturated carbocycles. The lowest BCUT2D eigenvalue weighted by Gasteiger charge is -2.15. The van der Waals surface area contributed by atoms with Crippen LogP contribution < -0.4 is 5.32 Å². The summed E-state index contributed by atoms with van der Waals surface area (Å²) < 4.78 is 13.7. The summed E-state index contributed by atoms with van der Waals surface area (Å²) in [5.41, 5.74) is 2.42. The number of benzene rings is 1. The lowest BCUT2D eigenvalue weighted by Crippen LogP contribution is -2.19. The van der Waals surface area contributed by atoms with E-state index < -0.39 is 5.82 Å². The molecule has 1 atom stereocenters. The summed E-state index contributed by atoms with van der Waals surface area (Å²) in [6.45, 7) is 4.39. The van der Waals surface area contributed by atoms with Gasteiger partial charge in [0.1, 0.15) is 11.6 Å². The van der Waals surface area contributed by atoms with Crippen LogP contribution in [0.15, 0.2) is 36.4 Å². The maximum Gasteiger partial charge on any atom is 0.131 e. The Labute approximate surface area is 112 Å². The zero-order valence-electron chi connectivity index (χ0n) is 11.0. The normalized spacial score (nSPS) is 12.4. The van der Waals surface area contributed by atoms with Gasteiger partial charge in [-0.1, -0.05) is 12.1 Å². The fourth-order valence-corrected chi connectivity index (χ4v) is 1.93. The molecule has 0 aliphatic carbocycles. The standard InChI is InChI=1S/C15H17FN2O/c1-10-4-3-5-12(18-10)9-17-11(2)14-7-6-13(19)8-15(14)16/h3-8,11,17,19H,9H2,1-2H3. The van der Waals surface area contributed by atoms with Crippen molar-refractivity contribution in [2.24, 2.45) is 0 Å². The van der Waals surface area contributed by atoms with Crippen LogP contribution in [0.4, 0.5) is 4.39 Å². The van der Waals surface area contributed by atoms with Gasteiger partial charge in [0.2, 0.25) is 0 Å². The molecule has 100 valence electrons. The molecule has 2 aromatic rings. The molecular weight excluding hydrogens is 243 g/mol. The number of hydrogen-bond donors (Lipinski definition) is 2. The largest absolute Gasteiger partial charge is 0.508 e. The maximum atomic E-state index is 13.7. The van der Waals surface area contributed by atoms with E-state index in [1.54, 1.807) is 6.07 Å². The van der Waals surface area contributed by atoms with Gasteiger partial charge in [-0.25, -0.2) is 4.39 Å². The first-order valence-electron chi connectivity index (χ1n) is 6.20. The van der Waals surface area contributed by atoms with Gasteiger partial charge in [-0.05, 0) is 32.0 Å². The predicted molar refractivity (Wildman–Crippen MR) is 72.3 cm³/mol. The number of aromatic hydroxyl groups is 1. The van der Waals surface area contributed by atoms with Crippen LogP contribution in [0.3, 0.4) is 0 Å². The van der Waals surface area contributed by atoms with E-state index in [1.807, 2.05) is 32.0 Å². The SMILES string of the molecule is Cc1cccc(CNC(C)c2ccc(O)cc2F)n1. The molecule has 19 heavy (non-hydrogen) atoms. The molecule has 0 radical (unpaired) electrons. The van der Waals surface area contributed by atoms with Crippen molar-refractivity contribution in [1.82, 2.24) is 10.3 Å². The highest BCUT2D eigenvalue weighted by Gasteiger charge is 2.11. The van der Waals surface area contributed by atoms with Gasteiger partial charge in [-0.15, -0.1) is 0 Å². The van der Waals surface area contributed by atoms with Crippen LogP contribution in [0.1, 0.15) is 29.9 Å². The van der Waals surface area contributed by atoms with E-state index in [4.69, 9.17) is 0 Å². The molecule has 0 aliphatic heterocycles. The summed E-state index contributed by atoms with van der Waals surface area (Å²) in [5.74, 6) is -0.467. The molecule has 0 bridgehead atoms. The molecule has 1 aromatic heterocycles. The van der Waals surface area contributed by atoms with Crippen molar-refractivity contribution in [3.05, 3.63) is 59.2 Å². The van der Waals surface area contributed by atoms with Crippen LogP contribution in [-0.4, -0.2) is 10.1 Å². The highest BCUT2D eigenvalue weighted by Crippen LogP contribution is 2.21. The average Bonchev–Trinajstić information content (AvgIpc) is 2.36. The number of aryl methyl sites for hydroxylation is 1. The molecule has 2 rings (SSSR count). The minimum absolute atomic E-state index is 0.0613. The van der Waals surface area contributed by atoms with E-state index in [9.17, 15) is 9.50 Å². The van der Waals surface area contributed by atoms with Gasteiger partial charge in [0, 0.05) is 29.9 Å². The molecule has 3 nitrogen and oxygen atoms in total. The fourth-order valence-electron chi connectivity index (χ4n) is 1.93. The number of nitrogens with one attached hydrogen (secondary N) is 1. The molecule has 0 saturated heterocycles. The van der Waals surface area contributed by atoms with E-state index in [1.165, 1.54) is 6.07 Å². The second kappa shape index (κ2) is 5.80. The van der Waals surface area contributed by atoms with Gasteiger partial charge in [-0.2, -0.15) is 0 Å². The lowest BCUT2D eigenvalue weighted by atomic mass is 10.1. The van der Waals surface area contributed by atoms with Crippen molar-refractivity contribution in [3.8, 4) is 5.75 Å². The molecule has 1 aromatic carbocycles. The molecule has 0 aliphatic rings. The Morgan fingerprint density at radius 3 is 2.79 bits per heavy atom. The average molecular weight is 260 g/mol. The van der Waals surface area contributed by atoms with E-state index in [0.29, 0.717) is 12.1 Å². The summed E-state index contributed by atoms with van der Waals surface area (Å²) in [5, 5.41) is 12.4. The second-order valence-electron chi connectivity index (χ2n) is 4.58. The summed E-state index contributed by atoms with van der Waals surface area (Å²) in [7, 11) is 0. The summed E-state index contributed by atoms with van der Waals surface area (Å²) in [6.07, 6.45) is 0. The minimum Gasteiger partial charge on any atom is -0.508 e. The molecule has 2 N–H and O–H groups in total. The first-order chi connectivity index (χ1) is 9.06. The zero-order valence-corrected chi connectivity index (χ0v) is 11.0. The van der Waals surface area contributed by atoms with Crippen LogP contribution in [0.2, 0.25) is 0 Å². The molecule has 0 amide bonds. The van der Waals surface area contributed by atoms with Gasteiger partial charge < -0.3 is 10.4 Å². The number of rotatable bonds is 4. The second-order valence-corrected chi connectivity index (χ2v) is 4.58. The summed E-state index contributed by atoms with van der Waals surface area (Å²) >= 11 is 0. The topological polar surface area (TPSA) is 45.1 Å². The van der Waals surface area contributed by atoms with Crippen LogP contribution in [-0.2, 0) is 6.54 Å². The Hall–Kier alpha value is -1.94. The van der Waals surface area contributed by atoms with Gasteiger partial charge in [0.15, 0.2) is 0 Å². The Kier molecular flexibility index (Phi) is 4.12. The smallest absolute Gasteiger partial charge is 0.131 e. The minimum atomic E-state index is -0.405. The monoisotopic (exact) mass is 260 g/mol. The van der Waals surface area contributed by atoms with Crippen LogP contribution in [0, 0.1) is 12.7 Å². The van der Waals surface area contributed by atoms with E-state index in [2.05, 4.69) is 10.3 Å². The molecule has 0 fully saturated rings. The Balaban J connectivity index is 2.03. The molecule has 0 spiro atoms. The highest BCUT2D eigenvalue weighted by atomic mass is 19.1. The number of nitrogens with zero attached hydrogens (tertiary/aromatic N) is 1. The van der Waals surface area contributed by atoms with Gasteiger partial charge in [-0.3, -0.25) is 4.98 Å². The summed E-state index contributed by atoms with van der Waals surface area (Å²) in [6, 6.07) is 9.87. The van der Waals surface area contributed by atoms with E-state index in [0.717, 1.165) is 17.5 Å². The lowest BCUT2D eigenvalue weighted by molar-refractivity contribution is 0.463. The number of phenols is 1. The maximum absolute atomic E-state index is 13.7. The third kappa shape index (κ3) is 3.51. The Morgan fingerprint density at radius 2 is 2.11 bits per heavy atom. The summed E-state index contributed by atoms with van der Waals surface area (Å²) in [4.78, 5) is 4.38. The van der Waals surface area contributed by atoms with Crippen LogP contribution >= 0.6 is 0 Å². The predicted octanol–water partition coefficient (Wildman–Crippen LogP) is 3.09. The zero-order chi connectivity index (χ0) is 13.8. The molecular formula is C15H17FN2O. The number of phenolic OH excluding ortho intramolecular Hbond substituents is 1. The van der Waals surface area contributed by atoms with Crippen molar-refractivity contribution < 1.29 is 9.50 Å². The van der Waals surface area contributed by atoms with Crippen molar-refractivity contribution in [2.45, 2.75) is 26.4 Å². The molecule has 1 unspecified atom stereocenters. The number of hydrogen-bond acceptors (Lipinski definition) is 3. The van der Waals surface area contributed by atoms with Gasteiger partial charge >= 0.3 is 0 Å². The Morgan fingerprint density at radius 1 is 1.32 bits per heavy atom. The number of halogens is 1.